The average molecular weight is 237 g/mol. The molecular weight excluding hydrogens is 214 g/mol. The molecule has 17 heavy (non-hydrogen) atoms. The number of aliphatic hydroxyl groups excluding tert-OH is 1. The van der Waals surface area contributed by atoms with Gasteiger partial charge in [0.1, 0.15) is 0 Å². The second kappa shape index (κ2) is 5.19. The first kappa shape index (κ1) is 12.6. The van der Waals surface area contributed by atoms with Crippen LogP contribution in [0.4, 0.5) is 0 Å². The van der Waals surface area contributed by atoms with Crippen LogP contribution >= 0.6 is 0 Å². The van der Waals surface area contributed by atoms with Gasteiger partial charge in [0.2, 0.25) is 0 Å². The van der Waals surface area contributed by atoms with Gasteiger partial charge < -0.3 is 10.4 Å². The van der Waals surface area contributed by atoms with E-state index in [9.17, 15) is 5.11 Å². The zero-order valence-corrected chi connectivity index (χ0v) is 10.8. The van der Waals surface area contributed by atoms with E-state index in [1.807, 2.05) is 24.0 Å². The number of nitrogens with one attached hydrogen (secondary N) is 1. The van der Waals surface area contributed by atoms with Gasteiger partial charge in [-0.3, -0.25) is 4.68 Å². The molecular formula is C13H23N3O. The summed E-state index contributed by atoms with van der Waals surface area (Å²) >= 11 is 0. The number of hydrogen-bond donors (Lipinski definition) is 2. The number of nitrogens with zero attached hydrogens (tertiary/aromatic N) is 2. The van der Waals surface area contributed by atoms with Crippen molar-refractivity contribution in [1.29, 1.82) is 0 Å². The molecule has 1 aromatic rings. The standard InChI is InChI=1S/C13H23N3O/c1-11-4-3-6-13(8-11,10-17)14-9-12-5-7-16(2)15-12/h5,7,11,14,17H,3-4,6,8-10H2,1-2H3. The quantitative estimate of drug-likeness (QED) is 0.833. The SMILES string of the molecule is CC1CCCC(CO)(NCc2ccn(C)n2)C1. The predicted octanol–water partition coefficient (Wildman–Crippen LogP) is 1.45. The first-order valence-electron chi connectivity index (χ1n) is 6.48. The summed E-state index contributed by atoms with van der Waals surface area (Å²) < 4.78 is 1.81. The van der Waals surface area contributed by atoms with Crippen molar-refractivity contribution in [1.82, 2.24) is 15.1 Å². The average Bonchev–Trinajstić information content (AvgIpc) is 2.73. The van der Waals surface area contributed by atoms with Gasteiger partial charge in [-0.25, -0.2) is 0 Å². The molecule has 0 amide bonds. The largest absolute Gasteiger partial charge is 0.394 e. The van der Waals surface area contributed by atoms with Crippen LogP contribution in [0, 0.1) is 5.92 Å². The molecule has 0 spiro atoms. The second-order valence-electron chi connectivity index (χ2n) is 5.47. The summed E-state index contributed by atoms with van der Waals surface area (Å²) in [6.45, 7) is 3.24. The zero-order valence-electron chi connectivity index (χ0n) is 10.8. The number of aromatic nitrogens is 2. The van der Waals surface area contributed by atoms with Crippen molar-refractivity contribution < 1.29 is 5.11 Å². The summed E-state index contributed by atoms with van der Waals surface area (Å²) in [4.78, 5) is 0. The van der Waals surface area contributed by atoms with Crippen LogP contribution < -0.4 is 5.32 Å². The summed E-state index contributed by atoms with van der Waals surface area (Å²) in [7, 11) is 1.92. The molecule has 2 unspecified atom stereocenters. The van der Waals surface area contributed by atoms with E-state index in [-0.39, 0.29) is 12.1 Å². The van der Waals surface area contributed by atoms with E-state index in [4.69, 9.17) is 0 Å². The Morgan fingerprint density at radius 2 is 2.47 bits per heavy atom. The van der Waals surface area contributed by atoms with Gasteiger partial charge in [0, 0.05) is 25.3 Å². The molecule has 2 N–H and O–H groups in total. The predicted molar refractivity (Wildman–Crippen MR) is 67.5 cm³/mol. The van der Waals surface area contributed by atoms with Crippen LogP contribution in [0.2, 0.25) is 0 Å². The molecule has 0 aliphatic heterocycles. The fraction of sp³-hybridized carbons (Fsp3) is 0.769. The maximum atomic E-state index is 9.65. The van der Waals surface area contributed by atoms with Gasteiger partial charge in [-0.1, -0.05) is 19.8 Å². The highest BCUT2D eigenvalue weighted by molar-refractivity contribution is 5.01. The first-order valence-corrected chi connectivity index (χ1v) is 6.48. The van der Waals surface area contributed by atoms with E-state index in [0.29, 0.717) is 5.92 Å². The summed E-state index contributed by atoms with van der Waals surface area (Å²) in [5, 5.41) is 17.5. The van der Waals surface area contributed by atoms with Crippen molar-refractivity contribution in [3.63, 3.8) is 0 Å². The first-order chi connectivity index (χ1) is 8.13. The Balaban J connectivity index is 1.94. The van der Waals surface area contributed by atoms with Gasteiger partial charge in [-0.05, 0) is 24.8 Å². The molecule has 0 bridgehead atoms. The highest BCUT2D eigenvalue weighted by Gasteiger charge is 2.33. The fourth-order valence-electron chi connectivity index (χ4n) is 2.86. The number of hydrogen-bond acceptors (Lipinski definition) is 3. The van der Waals surface area contributed by atoms with Gasteiger partial charge in [0.25, 0.3) is 0 Å². The molecule has 1 fully saturated rings. The third kappa shape index (κ3) is 3.07. The van der Waals surface area contributed by atoms with Crippen molar-refractivity contribution in [3.8, 4) is 0 Å². The minimum Gasteiger partial charge on any atom is -0.394 e. The molecule has 1 saturated carbocycles. The summed E-state index contributed by atoms with van der Waals surface area (Å²) in [6.07, 6.45) is 6.58. The van der Waals surface area contributed by atoms with Crippen molar-refractivity contribution in [2.24, 2.45) is 13.0 Å². The molecule has 0 saturated heterocycles. The number of aryl methyl sites for hydroxylation is 1. The number of aliphatic hydroxyl groups is 1. The van der Waals surface area contributed by atoms with Crippen LogP contribution in [0.15, 0.2) is 12.3 Å². The zero-order chi connectivity index (χ0) is 12.3. The third-order valence-electron chi connectivity index (χ3n) is 3.81. The topological polar surface area (TPSA) is 50.1 Å². The van der Waals surface area contributed by atoms with E-state index in [0.717, 1.165) is 25.1 Å². The Labute approximate surface area is 103 Å². The Morgan fingerprint density at radius 3 is 3.06 bits per heavy atom. The molecule has 1 aliphatic carbocycles. The smallest absolute Gasteiger partial charge is 0.0762 e. The van der Waals surface area contributed by atoms with Gasteiger partial charge in [-0.2, -0.15) is 5.10 Å². The van der Waals surface area contributed by atoms with Crippen molar-refractivity contribution in [3.05, 3.63) is 18.0 Å². The molecule has 96 valence electrons. The lowest BCUT2D eigenvalue weighted by molar-refractivity contribution is 0.0979. The van der Waals surface area contributed by atoms with Gasteiger partial charge in [-0.15, -0.1) is 0 Å². The van der Waals surface area contributed by atoms with Crippen LogP contribution in [0.3, 0.4) is 0 Å². The van der Waals surface area contributed by atoms with Crippen LogP contribution in [0.1, 0.15) is 38.3 Å². The molecule has 1 aliphatic rings. The van der Waals surface area contributed by atoms with Crippen LogP contribution in [-0.4, -0.2) is 27.0 Å². The van der Waals surface area contributed by atoms with Crippen molar-refractivity contribution in [2.75, 3.05) is 6.61 Å². The maximum absolute atomic E-state index is 9.65. The number of rotatable bonds is 4. The molecule has 2 atom stereocenters. The summed E-state index contributed by atoms with van der Waals surface area (Å²) in [6, 6.07) is 2.02. The maximum Gasteiger partial charge on any atom is 0.0762 e. The highest BCUT2D eigenvalue weighted by Crippen LogP contribution is 2.32. The molecule has 0 radical (unpaired) electrons. The lowest BCUT2D eigenvalue weighted by Crippen LogP contribution is -2.51. The molecule has 2 rings (SSSR count). The summed E-state index contributed by atoms with van der Waals surface area (Å²) in [5.41, 5.74) is 0.952. The van der Waals surface area contributed by atoms with Crippen LogP contribution in [0.25, 0.3) is 0 Å². The lowest BCUT2D eigenvalue weighted by atomic mass is 9.77. The fourth-order valence-corrected chi connectivity index (χ4v) is 2.86. The Kier molecular flexibility index (Phi) is 3.84. The van der Waals surface area contributed by atoms with Gasteiger partial charge >= 0.3 is 0 Å². The third-order valence-corrected chi connectivity index (χ3v) is 3.81. The van der Waals surface area contributed by atoms with Gasteiger partial charge in [0.15, 0.2) is 0 Å². The van der Waals surface area contributed by atoms with E-state index in [2.05, 4.69) is 17.3 Å². The molecule has 1 heterocycles. The molecule has 4 heteroatoms. The molecule has 0 aromatic carbocycles. The second-order valence-corrected chi connectivity index (χ2v) is 5.47. The van der Waals surface area contributed by atoms with Crippen molar-refractivity contribution >= 4 is 0 Å². The van der Waals surface area contributed by atoms with Crippen LogP contribution in [0.5, 0.6) is 0 Å². The Bertz CT molecular complexity index is 363. The molecule has 1 aromatic heterocycles. The van der Waals surface area contributed by atoms with E-state index in [1.165, 1.54) is 12.8 Å². The minimum atomic E-state index is -0.0881. The monoisotopic (exact) mass is 237 g/mol. The Hall–Kier alpha value is -0.870. The van der Waals surface area contributed by atoms with Crippen LogP contribution in [-0.2, 0) is 13.6 Å². The summed E-state index contributed by atoms with van der Waals surface area (Å²) in [5.74, 6) is 0.701. The van der Waals surface area contributed by atoms with E-state index >= 15 is 0 Å². The normalized spacial score (nSPS) is 29.5. The lowest BCUT2D eigenvalue weighted by Gasteiger charge is -2.39. The van der Waals surface area contributed by atoms with Crippen molar-refractivity contribution in [2.45, 2.75) is 44.7 Å². The van der Waals surface area contributed by atoms with E-state index in [1.54, 1.807) is 0 Å². The Morgan fingerprint density at radius 1 is 1.65 bits per heavy atom. The minimum absolute atomic E-state index is 0.0881. The highest BCUT2D eigenvalue weighted by atomic mass is 16.3. The van der Waals surface area contributed by atoms with E-state index < -0.39 is 0 Å². The molecule has 4 nitrogen and oxygen atoms in total. The van der Waals surface area contributed by atoms with Gasteiger partial charge in [0.05, 0.1) is 12.3 Å².